The number of nitrogens with one attached hydrogen (secondary N) is 1. The smallest absolute Gasteiger partial charge is 0.416 e. The Kier molecular flexibility index (Phi) is 5.42. The van der Waals surface area contributed by atoms with Crippen molar-refractivity contribution in [2.75, 3.05) is 11.9 Å². The molecule has 0 spiro atoms. The fourth-order valence-electron chi connectivity index (χ4n) is 1.82. The fraction of sp³-hybridized carbons (Fsp3) is 0.500. The number of ether oxygens (including phenoxy) is 1. The van der Waals surface area contributed by atoms with Crippen molar-refractivity contribution in [2.45, 2.75) is 39.4 Å². The van der Waals surface area contributed by atoms with Gasteiger partial charge in [-0.3, -0.25) is 4.79 Å². The van der Waals surface area contributed by atoms with Crippen LogP contribution in [-0.4, -0.2) is 18.6 Å². The van der Waals surface area contributed by atoms with Crippen LogP contribution < -0.4 is 5.32 Å². The molecule has 0 fully saturated rings. The Morgan fingerprint density at radius 3 is 2.60 bits per heavy atom. The maximum Gasteiger partial charge on any atom is 0.416 e. The summed E-state index contributed by atoms with van der Waals surface area (Å²) in [4.78, 5) is 11.3. The molecule has 0 aliphatic heterocycles. The highest BCUT2D eigenvalue weighted by atomic mass is 19.4. The quantitative estimate of drug-likeness (QED) is 0.839. The van der Waals surface area contributed by atoms with Crippen LogP contribution in [-0.2, 0) is 15.7 Å². The van der Waals surface area contributed by atoms with Gasteiger partial charge in [0, 0.05) is 11.7 Å². The Labute approximate surface area is 116 Å². The Morgan fingerprint density at radius 1 is 1.40 bits per heavy atom. The minimum Gasteiger partial charge on any atom is -0.466 e. The zero-order valence-electron chi connectivity index (χ0n) is 11.7. The monoisotopic (exact) mass is 289 g/mol. The lowest BCUT2D eigenvalue weighted by Gasteiger charge is -2.17. The molecule has 1 N–H and O–H groups in total. The highest BCUT2D eigenvalue weighted by molar-refractivity contribution is 5.70. The van der Waals surface area contributed by atoms with E-state index in [4.69, 9.17) is 4.74 Å². The molecule has 112 valence electrons. The molecular formula is C14H18F3NO2. The summed E-state index contributed by atoms with van der Waals surface area (Å²) in [5, 5.41) is 2.87. The first-order valence-electron chi connectivity index (χ1n) is 6.34. The van der Waals surface area contributed by atoms with Crippen LogP contribution >= 0.6 is 0 Å². The first-order valence-corrected chi connectivity index (χ1v) is 6.34. The third kappa shape index (κ3) is 4.75. The van der Waals surface area contributed by atoms with Gasteiger partial charge in [-0.05, 0) is 38.5 Å². The van der Waals surface area contributed by atoms with E-state index in [-0.39, 0.29) is 30.6 Å². The normalized spacial score (nSPS) is 12.9. The van der Waals surface area contributed by atoms with E-state index >= 15 is 0 Å². The van der Waals surface area contributed by atoms with E-state index in [9.17, 15) is 18.0 Å². The van der Waals surface area contributed by atoms with Gasteiger partial charge in [-0.2, -0.15) is 13.2 Å². The second-order valence-electron chi connectivity index (χ2n) is 4.58. The molecule has 1 aromatic carbocycles. The Balaban J connectivity index is 2.76. The zero-order chi connectivity index (χ0) is 15.3. The van der Waals surface area contributed by atoms with Crippen LogP contribution in [0.25, 0.3) is 0 Å². The summed E-state index contributed by atoms with van der Waals surface area (Å²) in [6.07, 6.45) is -4.28. The van der Waals surface area contributed by atoms with Gasteiger partial charge in [-0.1, -0.05) is 6.07 Å². The minimum atomic E-state index is -4.38. The number of alkyl halides is 3. The van der Waals surface area contributed by atoms with Gasteiger partial charge < -0.3 is 10.1 Å². The lowest BCUT2D eigenvalue weighted by Crippen LogP contribution is -2.21. The number of benzene rings is 1. The molecule has 0 radical (unpaired) electrons. The van der Waals surface area contributed by atoms with Gasteiger partial charge in [-0.25, -0.2) is 0 Å². The van der Waals surface area contributed by atoms with E-state index < -0.39 is 11.7 Å². The molecule has 0 heterocycles. The molecule has 1 atom stereocenters. The van der Waals surface area contributed by atoms with Crippen molar-refractivity contribution >= 4 is 11.7 Å². The largest absolute Gasteiger partial charge is 0.466 e. The van der Waals surface area contributed by atoms with Gasteiger partial charge in [0.15, 0.2) is 0 Å². The third-order valence-electron chi connectivity index (χ3n) is 2.73. The van der Waals surface area contributed by atoms with Gasteiger partial charge in [0.25, 0.3) is 0 Å². The topological polar surface area (TPSA) is 38.3 Å². The first kappa shape index (κ1) is 16.3. The molecule has 6 heteroatoms. The van der Waals surface area contributed by atoms with Gasteiger partial charge in [0.2, 0.25) is 0 Å². The van der Waals surface area contributed by atoms with Crippen LogP contribution in [0.2, 0.25) is 0 Å². The minimum absolute atomic E-state index is 0.100. The molecule has 1 aromatic rings. The van der Waals surface area contributed by atoms with Crippen molar-refractivity contribution in [1.82, 2.24) is 0 Å². The number of halogens is 3. The average molecular weight is 289 g/mol. The van der Waals surface area contributed by atoms with Crippen molar-refractivity contribution < 1.29 is 22.7 Å². The lowest BCUT2D eigenvalue weighted by molar-refractivity contribution is -0.143. The average Bonchev–Trinajstić information content (AvgIpc) is 2.30. The zero-order valence-corrected chi connectivity index (χ0v) is 11.7. The second kappa shape index (κ2) is 6.63. The van der Waals surface area contributed by atoms with Crippen LogP contribution in [0.3, 0.4) is 0 Å². The van der Waals surface area contributed by atoms with Crippen LogP contribution in [0.5, 0.6) is 0 Å². The van der Waals surface area contributed by atoms with Crippen LogP contribution in [0.15, 0.2) is 18.2 Å². The predicted molar refractivity (Wildman–Crippen MR) is 70.5 cm³/mol. The maximum atomic E-state index is 12.8. The van der Waals surface area contributed by atoms with Gasteiger partial charge in [-0.15, -0.1) is 0 Å². The summed E-state index contributed by atoms with van der Waals surface area (Å²) >= 11 is 0. The van der Waals surface area contributed by atoms with Crippen molar-refractivity contribution in [3.63, 3.8) is 0 Å². The molecule has 1 unspecified atom stereocenters. The number of hydrogen-bond donors (Lipinski definition) is 1. The number of anilines is 1. The fourth-order valence-corrected chi connectivity index (χ4v) is 1.82. The molecule has 0 aromatic heterocycles. The molecule has 1 rings (SSSR count). The van der Waals surface area contributed by atoms with Crippen molar-refractivity contribution in [3.8, 4) is 0 Å². The predicted octanol–water partition coefficient (Wildman–Crippen LogP) is 3.77. The summed E-state index contributed by atoms with van der Waals surface area (Å²) in [5.74, 6) is -0.379. The van der Waals surface area contributed by atoms with Gasteiger partial charge in [0.1, 0.15) is 0 Å². The van der Waals surface area contributed by atoms with E-state index in [1.165, 1.54) is 13.0 Å². The first-order chi connectivity index (χ1) is 9.24. The molecule has 0 aliphatic rings. The maximum absolute atomic E-state index is 12.8. The standard InChI is InChI=1S/C14H18F3NO2/c1-4-20-13(19)7-10(3)18-11-6-5-9(2)12(8-11)14(15,16)17/h5-6,8,10,18H,4,7H2,1-3H3. The summed E-state index contributed by atoms with van der Waals surface area (Å²) in [5.41, 5.74) is -0.174. The summed E-state index contributed by atoms with van der Waals surface area (Å²) in [6, 6.07) is 3.71. The van der Waals surface area contributed by atoms with Crippen molar-refractivity contribution in [1.29, 1.82) is 0 Å². The molecule has 3 nitrogen and oxygen atoms in total. The molecule has 0 bridgehead atoms. The van der Waals surface area contributed by atoms with E-state index in [2.05, 4.69) is 5.32 Å². The Morgan fingerprint density at radius 2 is 2.05 bits per heavy atom. The van der Waals surface area contributed by atoms with E-state index in [1.54, 1.807) is 19.9 Å². The SMILES string of the molecule is CCOC(=O)CC(C)Nc1ccc(C)c(C(F)(F)F)c1. The second-order valence-corrected chi connectivity index (χ2v) is 4.58. The van der Waals surface area contributed by atoms with E-state index in [1.807, 2.05) is 0 Å². The molecule has 0 amide bonds. The van der Waals surface area contributed by atoms with E-state index in [0.717, 1.165) is 6.07 Å². The Hall–Kier alpha value is -1.72. The molecule has 20 heavy (non-hydrogen) atoms. The number of carbonyl (C=O) groups excluding carboxylic acids is 1. The third-order valence-corrected chi connectivity index (χ3v) is 2.73. The highest BCUT2D eigenvalue weighted by Crippen LogP contribution is 2.33. The van der Waals surface area contributed by atoms with Crippen molar-refractivity contribution in [2.24, 2.45) is 0 Å². The summed E-state index contributed by atoms with van der Waals surface area (Å²) in [7, 11) is 0. The van der Waals surface area contributed by atoms with Crippen LogP contribution in [0.4, 0.5) is 18.9 Å². The number of esters is 1. The molecular weight excluding hydrogens is 271 g/mol. The summed E-state index contributed by atoms with van der Waals surface area (Å²) in [6.45, 7) is 5.11. The van der Waals surface area contributed by atoms with Crippen molar-refractivity contribution in [3.05, 3.63) is 29.3 Å². The summed E-state index contributed by atoms with van der Waals surface area (Å²) < 4.78 is 43.1. The lowest BCUT2D eigenvalue weighted by atomic mass is 10.1. The highest BCUT2D eigenvalue weighted by Gasteiger charge is 2.32. The number of rotatable bonds is 5. The van der Waals surface area contributed by atoms with Crippen LogP contribution in [0.1, 0.15) is 31.4 Å². The molecule has 0 aliphatic carbocycles. The number of hydrogen-bond acceptors (Lipinski definition) is 3. The van der Waals surface area contributed by atoms with E-state index in [0.29, 0.717) is 5.69 Å². The number of carbonyl (C=O) groups is 1. The molecule has 0 saturated carbocycles. The number of aryl methyl sites for hydroxylation is 1. The van der Waals surface area contributed by atoms with Gasteiger partial charge in [0.05, 0.1) is 18.6 Å². The van der Waals surface area contributed by atoms with Crippen LogP contribution in [0, 0.1) is 6.92 Å². The Bertz CT molecular complexity index is 472. The molecule has 0 saturated heterocycles. The van der Waals surface area contributed by atoms with Gasteiger partial charge >= 0.3 is 12.1 Å².